The van der Waals surface area contributed by atoms with E-state index in [1.54, 1.807) is 31.8 Å². The average Bonchev–Trinajstić information content (AvgIpc) is 3.44. The minimum Gasteiger partial charge on any atom is -0.494 e. The van der Waals surface area contributed by atoms with Gasteiger partial charge in [0.2, 0.25) is 11.9 Å². The third-order valence-electron chi connectivity index (χ3n) is 7.98. The van der Waals surface area contributed by atoms with Crippen LogP contribution >= 0.6 is 0 Å². The highest BCUT2D eigenvalue weighted by molar-refractivity contribution is 6.02. The van der Waals surface area contributed by atoms with Crippen LogP contribution in [0.5, 0.6) is 5.75 Å². The van der Waals surface area contributed by atoms with Crippen LogP contribution in [0.3, 0.4) is 0 Å². The summed E-state index contributed by atoms with van der Waals surface area (Å²) in [5.74, 6) is 1.17. The lowest BCUT2D eigenvalue weighted by atomic mass is 10.0. The van der Waals surface area contributed by atoms with Crippen molar-refractivity contribution in [3.8, 4) is 28.4 Å². The van der Waals surface area contributed by atoms with Crippen molar-refractivity contribution in [3.05, 3.63) is 79.4 Å². The summed E-state index contributed by atoms with van der Waals surface area (Å²) < 4.78 is 8.13. The van der Waals surface area contributed by atoms with Crippen LogP contribution in [0.2, 0.25) is 0 Å². The Bertz CT molecular complexity index is 1870. The van der Waals surface area contributed by atoms with Crippen molar-refractivity contribution in [1.82, 2.24) is 29.4 Å². The maximum atomic E-state index is 12.4. The molecule has 4 heterocycles. The molecule has 5 aromatic rings. The number of para-hydroxylation sites is 1. The van der Waals surface area contributed by atoms with Crippen LogP contribution in [0.25, 0.3) is 33.5 Å². The summed E-state index contributed by atoms with van der Waals surface area (Å²) in [4.78, 5) is 35.4. The van der Waals surface area contributed by atoms with E-state index in [1.165, 1.54) is 17.2 Å². The molecule has 0 fully saturated rings. The maximum Gasteiger partial charge on any atom is 0.247 e. The average molecular weight is 604 g/mol. The van der Waals surface area contributed by atoms with E-state index < -0.39 is 0 Å². The Morgan fingerprint density at radius 2 is 1.89 bits per heavy atom. The number of aryl methyl sites for hydroxylation is 2. The highest BCUT2D eigenvalue weighted by atomic mass is 16.5. The van der Waals surface area contributed by atoms with Gasteiger partial charge in [-0.15, -0.1) is 0 Å². The maximum absolute atomic E-state index is 12.4. The fraction of sp³-hybridized carbons (Fsp3) is 0.265. The molecule has 0 saturated carbocycles. The van der Waals surface area contributed by atoms with Crippen molar-refractivity contribution in [2.45, 2.75) is 19.4 Å². The molecule has 11 heteroatoms. The monoisotopic (exact) mass is 603 g/mol. The Hall–Kier alpha value is -5.29. The minimum atomic E-state index is -0.313. The van der Waals surface area contributed by atoms with Gasteiger partial charge in [0.05, 0.1) is 40.9 Å². The molecule has 3 aromatic heterocycles. The van der Waals surface area contributed by atoms with E-state index >= 15 is 0 Å². The van der Waals surface area contributed by atoms with Crippen LogP contribution in [0.1, 0.15) is 12.0 Å². The van der Waals surface area contributed by atoms with E-state index in [0.717, 1.165) is 60.4 Å². The second-order valence-corrected chi connectivity index (χ2v) is 11.3. The number of nitrogens with one attached hydrogen (secondary N) is 2. The molecule has 0 atom stereocenters. The summed E-state index contributed by atoms with van der Waals surface area (Å²) in [7, 11) is 7.64. The number of rotatable bonds is 11. The van der Waals surface area contributed by atoms with Gasteiger partial charge < -0.3 is 29.7 Å². The van der Waals surface area contributed by atoms with Crippen LogP contribution in [0.4, 0.5) is 23.0 Å². The van der Waals surface area contributed by atoms with Crippen LogP contribution in [-0.4, -0.2) is 76.7 Å². The number of benzene rings is 2. The summed E-state index contributed by atoms with van der Waals surface area (Å²) in [5.41, 5.74) is 7.03. The summed E-state index contributed by atoms with van der Waals surface area (Å²) in [5, 5.41) is 7.43. The molecule has 0 saturated heterocycles. The second kappa shape index (κ2) is 12.7. The molecule has 0 aliphatic carbocycles. The number of anilines is 4. The molecule has 11 nitrogen and oxygen atoms in total. The highest BCUT2D eigenvalue weighted by Gasteiger charge is 2.23. The van der Waals surface area contributed by atoms with Crippen molar-refractivity contribution < 1.29 is 9.53 Å². The summed E-state index contributed by atoms with van der Waals surface area (Å²) in [6.45, 7) is 6.15. The fourth-order valence-corrected chi connectivity index (χ4v) is 5.72. The predicted molar refractivity (Wildman–Crippen MR) is 179 cm³/mol. The van der Waals surface area contributed by atoms with Gasteiger partial charge in [0, 0.05) is 68.5 Å². The molecule has 0 unspecified atom stereocenters. The van der Waals surface area contributed by atoms with E-state index in [4.69, 9.17) is 9.72 Å². The predicted octanol–water partition coefficient (Wildman–Crippen LogP) is 5.38. The smallest absolute Gasteiger partial charge is 0.247 e. The standard InChI is InChI=1S/C34H37N9O2/c1-6-30(44)38-26-18-27(29(45-5)19-28(26)42(4)17-16-41(2)3)39-34-37-20-24(33-35-13-9-14-36-33)31(40-34)25-21-43-15-8-11-22-10-7-12-23(25)32(22)43/h6-7,9-10,12-14,18-21H,1,8,11,15-17H2,2-5H3,(H,38,44)(H,37,39,40). The number of carbonyl (C=O) groups is 1. The Kier molecular flexibility index (Phi) is 8.43. The van der Waals surface area contributed by atoms with Gasteiger partial charge in [-0.2, -0.15) is 0 Å². The number of amides is 1. The lowest BCUT2D eigenvalue weighted by molar-refractivity contribution is -0.111. The minimum absolute atomic E-state index is 0.313. The molecule has 0 spiro atoms. The first-order valence-electron chi connectivity index (χ1n) is 14.9. The third kappa shape index (κ3) is 6.07. The van der Waals surface area contributed by atoms with Crippen molar-refractivity contribution in [1.29, 1.82) is 0 Å². The molecule has 1 amide bonds. The number of carbonyl (C=O) groups excluding carboxylic acids is 1. The lowest BCUT2D eigenvalue weighted by Crippen LogP contribution is -2.29. The molecule has 1 aliphatic heterocycles. The fourth-order valence-electron chi connectivity index (χ4n) is 5.72. The Morgan fingerprint density at radius 1 is 1.07 bits per heavy atom. The van der Waals surface area contributed by atoms with Gasteiger partial charge in [-0.05, 0) is 50.7 Å². The third-order valence-corrected chi connectivity index (χ3v) is 7.98. The molecular formula is C34H37N9O2. The molecule has 230 valence electrons. The van der Waals surface area contributed by atoms with Gasteiger partial charge in [0.25, 0.3) is 0 Å². The SMILES string of the molecule is C=CC(=O)Nc1cc(Nc2ncc(-c3ncccn3)c(-c3cn4c5c(cccc35)CCC4)n2)c(OC)cc1N(C)CCN(C)C. The van der Waals surface area contributed by atoms with Gasteiger partial charge in [-0.25, -0.2) is 19.9 Å². The largest absolute Gasteiger partial charge is 0.494 e. The number of likely N-dealkylation sites (N-methyl/N-ethyl adjacent to an activating group) is 2. The zero-order valence-corrected chi connectivity index (χ0v) is 26.0. The molecule has 2 aromatic carbocycles. The number of hydrogen-bond donors (Lipinski definition) is 2. The molecule has 1 aliphatic rings. The molecular weight excluding hydrogens is 566 g/mol. The van der Waals surface area contributed by atoms with Crippen LogP contribution in [0.15, 0.2) is 73.8 Å². The normalized spacial score (nSPS) is 12.3. The highest BCUT2D eigenvalue weighted by Crippen LogP contribution is 2.40. The molecule has 0 bridgehead atoms. The molecule has 45 heavy (non-hydrogen) atoms. The lowest BCUT2D eigenvalue weighted by Gasteiger charge is -2.26. The second-order valence-electron chi connectivity index (χ2n) is 11.3. The van der Waals surface area contributed by atoms with Gasteiger partial charge in [-0.1, -0.05) is 24.8 Å². The number of ether oxygens (including phenoxy) is 1. The first-order chi connectivity index (χ1) is 21.9. The summed E-state index contributed by atoms with van der Waals surface area (Å²) in [6.07, 6.45) is 10.8. The quantitative estimate of drug-likeness (QED) is 0.192. The van der Waals surface area contributed by atoms with E-state index in [2.05, 4.69) is 70.9 Å². The number of hydrogen-bond acceptors (Lipinski definition) is 9. The Morgan fingerprint density at radius 3 is 2.64 bits per heavy atom. The zero-order valence-electron chi connectivity index (χ0n) is 26.0. The topological polar surface area (TPSA) is 113 Å². The Labute approximate surface area is 262 Å². The zero-order chi connectivity index (χ0) is 31.5. The first-order valence-corrected chi connectivity index (χ1v) is 14.9. The molecule has 0 radical (unpaired) electrons. The van der Waals surface area contributed by atoms with Crippen molar-refractivity contribution in [2.24, 2.45) is 0 Å². The van der Waals surface area contributed by atoms with Gasteiger partial charge >= 0.3 is 0 Å². The van der Waals surface area contributed by atoms with Crippen molar-refractivity contribution in [2.75, 3.05) is 56.9 Å². The van der Waals surface area contributed by atoms with Crippen molar-refractivity contribution >= 4 is 39.8 Å². The van der Waals surface area contributed by atoms with Gasteiger partial charge in [-0.3, -0.25) is 4.79 Å². The summed E-state index contributed by atoms with van der Waals surface area (Å²) >= 11 is 0. The first kappa shape index (κ1) is 29.8. The van der Waals surface area contributed by atoms with E-state index in [1.807, 2.05) is 33.3 Å². The molecule has 6 rings (SSSR count). The van der Waals surface area contributed by atoms with Gasteiger partial charge in [0.15, 0.2) is 5.82 Å². The Balaban J connectivity index is 1.45. The summed E-state index contributed by atoms with van der Waals surface area (Å²) in [6, 6.07) is 12.0. The van der Waals surface area contributed by atoms with Gasteiger partial charge in [0.1, 0.15) is 5.75 Å². The van der Waals surface area contributed by atoms with E-state index in [0.29, 0.717) is 28.9 Å². The number of methoxy groups -OCH3 is 1. The molecule has 2 N–H and O–H groups in total. The number of nitrogens with zero attached hydrogens (tertiary/aromatic N) is 7. The van der Waals surface area contributed by atoms with E-state index in [9.17, 15) is 4.79 Å². The van der Waals surface area contributed by atoms with Crippen molar-refractivity contribution in [3.63, 3.8) is 0 Å². The number of aromatic nitrogens is 5. The van der Waals surface area contributed by atoms with Crippen LogP contribution in [-0.2, 0) is 17.8 Å². The van der Waals surface area contributed by atoms with E-state index in [-0.39, 0.29) is 5.91 Å². The van der Waals surface area contributed by atoms with Crippen LogP contribution in [0, 0.1) is 0 Å². The van der Waals surface area contributed by atoms with Crippen LogP contribution < -0.4 is 20.3 Å².